The molecule has 3 unspecified atom stereocenters. The van der Waals surface area contributed by atoms with Gasteiger partial charge in [-0.25, -0.2) is 0 Å². The lowest BCUT2D eigenvalue weighted by molar-refractivity contribution is 0.272. The summed E-state index contributed by atoms with van der Waals surface area (Å²) in [7, 11) is 0. The molecule has 2 fully saturated rings. The SMILES string of the molecule is C1=C2CC2C2CCCCC12. The number of rotatable bonds is 0. The van der Waals surface area contributed by atoms with E-state index in [0.717, 1.165) is 17.8 Å². The van der Waals surface area contributed by atoms with E-state index >= 15 is 0 Å². The molecule has 0 aromatic rings. The standard InChI is InChI=1S/C10H14/c1-2-4-9-7(3-1)5-8-6-10(8)9/h5,7,9-10H,1-4,6H2. The van der Waals surface area contributed by atoms with Crippen molar-refractivity contribution in [3.05, 3.63) is 11.6 Å². The fraction of sp³-hybridized carbons (Fsp3) is 0.800. The van der Waals surface area contributed by atoms with Crippen molar-refractivity contribution in [2.45, 2.75) is 32.1 Å². The third kappa shape index (κ3) is 0.574. The van der Waals surface area contributed by atoms with Gasteiger partial charge in [0.25, 0.3) is 0 Å². The summed E-state index contributed by atoms with van der Waals surface area (Å²) in [4.78, 5) is 0. The van der Waals surface area contributed by atoms with E-state index in [9.17, 15) is 0 Å². The predicted molar refractivity (Wildman–Crippen MR) is 41.6 cm³/mol. The van der Waals surface area contributed by atoms with Crippen molar-refractivity contribution in [3.63, 3.8) is 0 Å². The number of hydrogen-bond acceptors (Lipinski definition) is 0. The topological polar surface area (TPSA) is 0 Å². The Morgan fingerprint density at radius 3 is 3.00 bits per heavy atom. The Morgan fingerprint density at radius 2 is 2.10 bits per heavy atom. The van der Waals surface area contributed by atoms with Gasteiger partial charge in [0.2, 0.25) is 0 Å². The minimum atomic E-state index is 1.03. The van der Waals surface area contributed by atoms with Gasteiger partial charge < -0.3 is 0 Å². The Morgan fingerprint density at radius 1 is 1.20 bits per heavy atom. The van der Waals surface area contributed by atoms with E-state index in [1.807, 2.05) is 5.57 Å². The molecule has 0 N–H and O–H groups in total. The van der Waals surface area contributed by atoms with Crippen LogP contribution < -0.4 is 0 Å². The lowest BCUT2D eigenvalue weighted by Gasteiger charge is -2.26. The van der Waals surface area contributed by atoms with Gasteiger partial charge >= 0.3 is 0 Å². The molecule has 3 aliphatic carbocycles. The first-order valence-corrected chi connectivity index (χ1v) is 4.66. The van der Waals surface area contributed by atoms with Crippen molar-refractivity contribution in [1.82, 2.24) is 0 Å². The first-order valence-electron chi connectivity index (χ1n) is 4.66. The molecule has 2 saturated carbocycles. The maximum absolute atomic E-state index is 2.59. The summed E-state index contributed by atoms with van der Waals surface area (Å²) in [6, 6.07) is 0. The van der Waals surface area contributed by atoms with E-state index in [1.54, 1.807) is 0 Å². The van der Waals surface area contributed by atoms with Crippen LogP contribution in [0, 0.1) is 17.8 Å². The molecule has 54 valence electrons. The second kappa shape index (κ2) is 1.66. The Labute approximate surface area is 62.3 Å². The van der Waals surface area contributed by atoms with Crippen LogP contribution in [0.25, 0.3) is 0 Å². The molecule has 0 heterocycles. The van der Waals surface area contributed by atoms with Crippen molar-refractivity contribution < 1.29 is 0 Å². The van der Waals surface area contributed by atoms with Crippen LogP contribution in [-0.4, -0.2) is 0 Å². The second-order valence-corrected chi connectivity index (χ2v) is 4.16. The molecular formula is C10H14. The Bertz CT molecular complexity index is 190. The van der Waals surface area contributed by atoms with Crippen molar-refractivity contribution in [2.24, 2.45) is 17.8 Å². The average molecular weight is 134 g/mol. The third-order valence-electron chi connectivity index (χ3n) is 3.59. The van der Waals surface area contributed by atoms with Gasteiger partial charge in [0.15, 0.2) is 0 Å². The van der Waals surface area contributed by atoms with Gasteiger partial charge in [-0.3, -0.25) is 0 Å². The Hall–Kier alpha value is -0.260. The highest BCUT2D eigenvalue weighted by Gasteiger charge is 2.46. The van der Waals surface area contributed by atoms with Crippen LogP contribution in [0.5, 0.6) is 0 Å². The van der Waals surface area contributed by atoms with Gasteiger partial charge in [-0.15, -0.1) is 0 Å². The maximum Gasteiger partial charge on any atom is -0.0132 e. The number of fused-ring (bicyclic) bond motifs is 3. The van der Waals surface area contributed by atoms with Crippen LogP contribution in [0.3, 0.4) is 0 Å². The van der Waals surface area contributed by atoms with E-state index < -0.39 is 0 Å². The molecule has 3 atom stereocenters. The summed E-state index contributed by atoms with van der Waals surface area (Å²) >= 11 is 0. The van der Waals surface area contributed by atoms with Gasteiger partial charge in [0.05, 0.1) is 0 Å². The van der Waals surface area contributed by atoms with E-state index in [-0.39, 0.29) is 0 Å². The maximum atomic E-state index is 2.59. The molecule has 0 spiro atoms. The average Bonchev–Trinajstić information content (AvgIpc) is 2.64. The van der Waals surface area contributed by atoms with Gasteiger partial charge in [-0.1, -0.05) is 24.5 Å². The second-order valence-electron chi connectivity index (χ2n) is 4.16. The van der Waals surface area contributed by atoms with Crippen molar-refractivity contribution in [1.29, 1.82) is 0 Å². The third-order valence-corrected chi connectivity index (χ3v) is 3.59. The molecule has 0 radical (unpaired) electrons. The molecule has 0 aromatic heterocycles. The zero-order valence-corrected chi connectivity index (χ0v) is 6.34. The van der Waals surface area contributed by atoms with Gasteiger partial charge in [0.1, 0.15) is 0 Å². The summed E-state index contributed by atoms with van der Waals surface area (Å²) in [5.41, 5.74) is 1.82. The summed E-state index contributed by atoms with van der Waals surface area (Å²) in [5.74, 6) is 3.23. The molecule has 0 saturated heterocycles. The lowest BCUT2D eigenvalue weighted by atomic mass is 9.79. The fourth-order valence-corrected chi connectivity index (χ4v) is 2.98. The highest BCUT2D eigenvalue weighted by molar-refractivity contribution is 5.32. The molecule has 0 bridgehead atoms. The normalized spacial score (nSPS) is 49.6. The highest BCUT2D eigenvalue weighted by Crippen LogP contribution is 2.57. The fourth-order valence-electron chi connectivity index (χ4n) is 2.98. The zero-order valence-electron chi connectivity index (χ0n) is 6.34. The predicted octanol–water partition coefficient (Wildman–Crippen LogP) is 2.75. The molecule has 0 heteroatoms. The van der Waals surface area contributed by atoms with E-state index in [4.69, 9.17) is 0 Å². The monoisotopic (exact) mass is 134 g/mol. The summed E-state index contributed by atoms with van der Waals surface area (Å²) < 4.78 is 0. The molecule has 0 aliphatic heterocycles. The van der Waals surface area contributed by atoms with Crippen molar-refractivity contribution in [2.75, 3.05) is 0 Å². The van der Waals surface area contributed by atoms with Crippen LogP contribution in [0.4, 0.5) is 0 Å². The number of allylic oxidation sites excluding steroid dienone is 2. The Kier molecular flexibility index (Phi) is 0.898. The number of hydrogen-bond donors (Lipinski definition) is 0. The molecule has 10 heavy (non-hydrogen) atoms. The molecule has 3 aliphatic rings. The quantitative estimate of drug-likeness (QED) is 0.447. The smallest absolute Gasteiger partial charge is 0.0132 e. The van der Waals surface area contributed by atoms with E-state index in [1.165, 1.54) is 32.1 Å². The van der Waals surface area contributed by atoms with Crippen molar-refractivity contribution in [3.8, 4) is 0 Å². The van der Waals surface area contributed by atoms with Gasteiger partial charge in [-0.05, 0) is 37.0 Å². The minimum absolute atomic E-state index is 1.03. The van der Waals surface area contributed by atoms with Crippen LogP contribution in [0.15, 0.2) is 11.6 Å². The van der Waals surface area contributed by atoms with Gasteiger partial charge in [-0.2, -0.15) is 0 Å². The first kappa shape index (κ1) is 5.40. The molecule has 3 rings (SSSR count). The van der Waals surface area contributed by atoms with E-state index in [2.05, 4.69) is 6.08 Å². The molecule has 0 aromatic carbocycles. The molecular weight excluding hydrogens is 120 g/mol. The highest BCUT2D eigenvalue weighted by atomic mass is 14.5. The van der Waals surface area contributed by atoms with E-state index in [0.29, 0.717) is 0 Å². The first-order chi connectivity index (χ1) is 4.95. The van der Waals surface area contributed by atoms with Crippen molar-refractivity contribution >= 4 is 0 Å². The zero-order chi connectivity index (χ0) is 6.55. The van der Waals surface area contributed by atoms with Crippen LogP contribution in [0.2, 0.25) is 0 Å². The summed E-state index contributed by atoms with van der Waals surface area (Å²) in [5, 5.41) is 0. The van der Waals surface area contributed by atoms with Crippen LogP contribution >= 0.6 is 0 Å². The lowest BCUT2D eigenvalue weighted by Crippen LogP contribution is -2.16. The van der Waals surface area contributed by atoms with Gasteiger partial charge in [0, 0.05) is 0 Å². The summed E-state index contributed by atoms with van der Waals surface area (Å²) in [6.45, 7) is 0. The molecule has 0 amide bonds. The Balaban J connectivity index is 1.88. The largest absolute Gasteiger partial charge is 0.0816 e. The minimum Gasteiger partial charge on any atom is -0.0816 e. The summed E-state index contributed by atoms with van der Waals surface area (Å²) in [6.07, 6.45) is 10.1. The van der Waals surface area contributed by atoms with Crippen LogP contribution in [-0.2, 0) is 0 Å². The van der Waals surface area contributed by atoms with Crippen LogP contribution in [0.1, 0.15) is 32.1 Å². The molecule has 0 nitrogen and oxygen atoms in total.